The number of hydrogen-bond acceptors (Lipinski definition) is 7. The zero-order valence-electron chi connectivity index (χ0n) is 13.2. The van der Waals surface area contributed by atoms with Crippen LogP contribution in [0.3, 0.4) is 0 Å². The highest BCUT2D eigenvalue weighted by Crippen LogP contribution is 2.34. The van der Waals surface area contributed by atoms with Gasteiger partial charge in [0.05, 0.1) is 24.0 Å². The third kappa shape index (κ3) is 3.06. The number of anilines is 1. The van der Waals surface area contributed by atoms with E-state index < -0.39 is 21.2 Å². The maximum Gasteiger partial charge on any atom is 0.340 e. The zero-order chi connectivity index (χ0) is 17.5. The fourth-order valence-electron chi connectivity index (χ4n) is 3.29. The predicted octanol–water partition coefficient (Wildman–Crippen LogP) is 0.00280. The summed E-state index contributed by atoms with van der Waals surface area (Å²) in [4.78, 5) is 28.0. The molecule has 2 atom stereocenters. The average Bonchev–Trinajstić information content (AvgIpc) is 3.23. The summed E-state index contributed by atoms with van der Waals surface area (Å²) in [5.41, 5.74) is 0.375. The van der Waals surface area contributed by atoms with Crippen LogP contribution in [0.15, 0.2) is 11.4 Å². The third-order valence-electron chi connectivity index (χ3n) is 4.55. The van der Waals surface area contributed by atoms with Crippen LogP contribution in [-0.2, 0) is 19.6 Å². The van der Waals surface area contributed by atoms with E-state index in [1.165, 1.54) is 18.4 Å². The van der Waals surface area contributed by atoms with Crippen LogP contribution in [0.25, 0.3) is 0 Å². The summed E-state index contributed by atoms with van der Waals surface area (Å²) in [5, 5.41) is 6.92. The molecule has 0 unspecified atom stereocenters. The van der Waals surface area contributed by atoms with Crippen molar-refractivity contribution < 1.29 is 22.7 Å². The molecule has 3 heterocycles. The van der Waals surface area contributed by atoms with Crippen LogP contribution in [0.2, 0.25) is 0 Å². The molecule has 3 rings (SSSR count). The highest BCUT2D eigenvalue weighted by Gasteiger charge is 2.42. The molecule has 0 saturated carbocycles. The summed E-state index contributed by atoms with van der Waals surface area (Å²) >= 11 is 1.31. The van der Waals surface area contributed by atoms with Crippen molar-refractivity contribution in [2.75, 3.05) is 31.6 Å². The molecule has 10 heteroatoms. The van der Waals surface area contributed by atoms with Gasteiger partial charge in [-0.15, -0.1) is 11.3 Å². The molecule has 2 saturated heterocycles. The lowest BCUT2D eigenvalue weighted by atomic mass is 10.2. The Balaban J connectivity index is 1.75. The number of carbonyl (C=O) groups excluding carboxylic acids is 2. The summed E-state index contributed by atoms with van der Waals surface area (Å²) in [7, 11) is -2.28. The monoisotopic (exact) mass is 373 g/mol. The largest absolute Gasteiger partial charge is 0.465 e. The molecule has 1 aromatic rings. The van der Waals surface area contributed by atoms with Gasteiger partial charge in [0.2, 0.25) is 15.9 Å². The Hall–Kier alpha value is -1.49. The molecular weight excluding hydrogens is 354 g/mol. The number of methoxy groups -OCH3 is 1. The van der Waals surface area contributed by atoms with Crippen LogP contribution < -0.4 is 10.0 Å². The first-order valence-electron chi connectivity index (χ1n) is 7.55. The van der Waals surface area contributed by atoms with E-state index in [0.29, 0.717) is 36.5 Å². The minimum atomic E-state index is -3.59. The van der Waals surface area contributed by atoms with Gasteiger partial charge in [-0.3, -0.25) is 9.69 Å². The number of nitrogens with two attached hydrogens (primary N) is 1. The van der Waals surface area contributed by atoms with Gasteiger partial charge in [-0.25, -0.2) is 18.4 Å². The molecule has 1 amide bonds. The van der Waals surface area contributed by atoms with Gasteiger partial charge in [0.25, 0.3) is 0 Å². The van der Waals surface area contributed by atoms with E-state index in [-0.39, 0.29) is 18.5 Å². The van der Waals surface area contributed by atoms with Crippen molar-refractivity contribution in [2.45, 2.75) is 24.1 Å². The van der Waals surface area contributed by atoms with Gasteiger partial charge >= 0.3 is 5.97 Å². The minimum absolute atomic E-state index is 0.113. The third-order valence-corrected chi connectivity index (χ3v) is 6.80. The second-order valence-electron chi connectivity index (χ2n) is 5.92. The van der Waals surface area contributed by atoms with Gasteiger partial charge in [0.15, 0.2) is 0 Å². The molecule has 2 fully saturated rings. The number of hydrogen-bond donors (Lipinski definition) is 1. The number of rotatable bonds is 4. The number of carbonyl (C=O) groups is 2. The van der Waals surface area contributed by atoms with Crippen molar-refractivity contribution in [2.24, 2.45) is 5.14 Å². The van der Waals surface area contributed by atoms with Crippen molar-refractivity contribution in [3.8, 4) is 0 Å². The highest BCUT2D eigenvalue weighted by molar-refractivity contribution is 7.89. The first kappa shape index (κ1) is 17.3. The van der Waals surface area contributed by atoms with Gasteiger partial charge in [-0.1, -0.05) is 0 Å². The van der Waals surface area contributed by atoms with E-state index in [1.54, 1.807) is 16.3 Å². The van der Waals surface area contributed by atoms with Gasteiger partial charge in [-0.2, -0.15) is 0 Å². The molecule has 2 N–H and O–H groups in total. The molecule has 0 aromatic carbocycles. The fourth-order valence-corrected chi connectivity index (χ4v) is 5.04. The Morgan fingerprint density at radius 1 is 1.38 bits per heavy atom. The molecule has 0 spiro atoms. The smallest absolute Gasteiger partial charge is 0.340 e. The van der Waals surface area contributed by atoms with Gasteiger partial charge in [0.1, 0.15) is 5.00 Å². The van der Waals surface area contributed by atoms with Crippen LogP contribution in [-0.4, -0.2) is 63.2 Å². The van der Waals surface area contributed by atoms with E-state index in [4.69, 9.17) is 9.88 Å². The van der Waals surface area contributed by atoms with Crippen molar-refractivity contribution in [1.29, 1.82) is 0 Å². The molecule has 2 aliphatic rings. The van der Waals surface area contributed by atoms with E-state index in [9.17, 15) is 18.0 Å². The number of primary sulfonamides is 1. The summed E-state index contributed by atoms with van der Waals surface area (Å²) in [6, 6.07) is 1.27. The summed E-state index contributed by atoms with van der Waals surface area (Å²) in [6.07, 6.45) is 1.03. The van der Waals surface area contributed by atoms with E-state index in [0.717, 1.165) is 0 Å². The predicted molar refractivity (Wildman–Crippen MR) is 89.5 cm³/mol. The molecule has 132 valence electrons. The lowest BCUT2D eigenvalue weighted by Crippen LogP contribution is -2.42. The molecule has 24 heavy (non-hydrogen) atoms. The quantitative estimate of drug-likeness (QED) is 0.744. The van der Waals surface area contributed by atoms with Crippen LogP contribution >= 0.6 is 11.3 Å². The number of likely N-dealkylation sites (tertiary alicyclic amines) is 1. The normalized spacial score (nSPS) is 25.4. The van der Waals surface area contributed by atoms with Crippen LogP contribution in [0.1, 0.15) is 23.2 Å². The Labute approximate surface area is 144 Å². The second kappa shape index (κ2) is 6.43. The molecule has 2 aliphatic heterocycles. The van der Waals surface area contributed by atoms with Crippen molar-refractivity contribution >= 4 is 38.2 Å². The van der Waals surface area contributed by atoms with Gasteiger partial charge in [-0.05, 0) is 24.3 Å². The minimum Gasteiger partial charge on any atom is -0.465 e. The van der Waals surface area contributed by atoms with Crippen LogP contribution in [0, 0.1) is 0 Å². The number of esters is 1. The Bertz CT molecular complexity index is 760. The summed E-state index contributed by atoms with van der Waals surface area (Å²) in [6.45, 7) is 1.29. The maximum atomic E-state index is 12.8. The molecule has 1 aromatic heterocycles. The highest BCUT2D eigenvalue weighted by atomic mass is 32.2. The van der Waals surface area contributed by atoms with Gasteiger partial charge < -0.3 is 9.64 Å². The second-order valence-corrected chi connectivity index (χ2v) is 8.66. The number of nitrogens with zero attached hydrogens (tertiary/aromatic N) is 2. The Kier molecular flexibility index (Phi) is 4.65. The molecule has 0 aliphatic carbocycles. The summed E-state index contributed by atoms with van der Waals surface area (Å²) in [5.74, 6) is -0.587. The standard InChI is InChI=1S/C14H19N3O5S2/c1-22-14(19)10-4-7-23-13(10)17-6-3-11(12(17)18)16-5-2-9(8-16)24(15,20)21/h4,7,9,11H,2-3,5-6,8H2,1H3,(H2,15,20,21)/t9-,11-/m0/s1. The zero-order valence-corrected chi connectivity index (χ0v) is 14.8. The van der Waals surface area contributed by atoms with Crippen molar-refractivity contribution in [3.63, 3.8) is 0 Å². The Morgan fingerprint density at radius 3 is 2.75 bits per heavy atom. The number of amides is 1. The molecule has 0 bridgehead atoms. The van der Waals surface area contributed by atoms with E-state index in [2.05, 4.69) is 0 Å². The lowest BCUT2D eigenvalue weighted by Gasteiger charge is -2.23. The van der Waals surface area contributed by atoms with E-state index >= 15 is 0 Å². The fraction of sp³-hybridized carbons (Fsp3) is 0.571. The molecule has 8 nitrogen and oxygen atoms in total. The SMILES string of the molecule is COC(=O)c1ccsc1N1CC[C@H](N2CC[C@H](S(N)(=O)=O)C2)C1=O. The number of thiophene rings is 1. The average molecular weight is 373 g/mol. The maximum absolute atomic E-state index is 12.8. The topological polar surface area (TPSA) is 110 Å². The number of ether oxygens (including phenoxy) is 1. The first-order chi connectivity index (χ1) is 11.3. The number of sulfonamides is 1. The van der Waals surface area contributed by atoms with Crippen molar-refractivity contribution in [1.82, 2.24) is 4.90 Å². The van der Waals surface area contributed by atoms with Crippen LogP contribution in [0.4, 0.5) is 5.00 Å². The molecular formula is C14H19N3O5S2. The van der Waals surface area contributed by atoms with Crippen molar-refractivity contribution in [3.05, 3.63) is 17.0 Å². The van der Waals surface area contributed by atoms with Crippen LogP contribution in [0.5, 0.6) is 0 Å². The first-order valence-corrected chi connectivity index (χ1v) is 10.0. The van der Waals surface area contributed by atoms with E-state index in [1.807, 2.05) is 4.90 Å². The Morgan fingerprint density at radius 2 is 2.12 bits per heavy atom. The lowest BCUT2D eigenvalue weighted by molar-refractivity contribution is -0.121. The molecule has 0 radical (unpaired) electrons. The summed E-state index contributed by atoms with van der Waals surface area (Å²) < 4.78 is 27.7. The van der Waals surface area contributed by atoms with Gasteiger partial charge in [0, 0.05) is 19.6 Å².